The molecule has 7 heteroatoms. The van der Waals surface area contributed by atoms with Crippen molar-refractivity contribution in [3.05, 3.63) is 57.8 Å². The molecule has 2 aromatic rings. The summed E-state index contributed by atoms with van der Waals surface area (Å²) in [7, 11) is 0. The van der Waals surface area contributed by atoms with Crippen molar-refractivity contribution < 1.29 is 14.3 Å². The lowest BCUT2D eigenvalue weighted by Crippen LogP contribution is -2.20. The molecule has 0 bridgehead atoms. The van der Waals surface area contributed by atoms with Gasteiger partial charge in [-0.05, 0) is 30.3 Å². The first kappa shape index (κ1) is 15.6. The molecule has 0 spiro atoms. The fourth-order valence-electron chi connectivity index (χ4n) is 1.75. The Morgan fingerprint density at radius 3 is 2.43 bits per heavy atom. The number of aliphatic hydroxyl groups excluding tert-OH is 1. The third-order valence-electron chi connectivity index (χ3n) is 2.65. The zero-order valence-electron chi connectivity index (χ0n) is 10.7. The third kappa shape index (κ3) is 4.07. The van der Waals surface area contributed by atoms with E-state index in [0.29, 0.717) is 15.7 Å². The Bertz CT molecular complexity index is 660. The van der Waals surface area contributed by atoms with E-state index in [0.717, 1.165) is 0 Å². The highest BCUT2D eigenvalue weighted by atomic mass is 35.5. The highest BCUT2D eigenvalue weighted by molar-refractivity contribution is 6.35. The number of anilines is 2. The van der Waals surface area contributed by atoms with Crippen LogP contribution in [0.2, 0.25) is 10.0 Å². The predicted molar refractivity (Wildman–Crippen MR) is 81.4 cm³/mol. The minimum atomic E-state index is -0.603. The second-order valence-electron chi connectivity index (χ2n) is 4.16. The first-order valence-electron chi connectivity index (χ1n) is 5.92. The number of hydrogen-bond donors (Lipinski definition) is 3. The van der Waals surface area contributed by atoms with E-state index >= 15 is 0 Å². The number of carbonyl (C=O) groups excluding carboxylic acids is 1. The highest BCUT2D eigenvalue weighted by Crippen LogP contribution is 2.23. The van der Waals surface area contributed by atoms with Gasteiger partial charge in [0.25, 0.3) is 0 Å². The fraction of sp³-hybridized carbons (Fsp3) is 0.0714. The van der Waals surface area contributed by atoms with Gasteiger partial charge in [0.05, 0.1) is 12.3 Å². The molecule has 2 aromatic carbocycles. The van der Waals surface area contributed by atoms with Crippen molar-refractivity contribution in [3.8, 4) is 0 Å². The largest absolute Gasteiger partial charge is 0.391 e. The van der Waals surface area contributed by atoms with Crippen LogP contribution in [0.4, 0.5) is 20.6 Å². The first-order chi connectivity index (χ1) is 9.99. The Morgan fingerprint density at radius 1 is 1.14 bits per heavy atom. The molecule has 110 valence electrons. The van der Waals surface area contributed by atoms with Crippen LogP contribution in [-0.2, 0) is 6.61 Å². The minimum Gasteiger partial charge on any atom is -0.391 e. The molecule has 0 radical (unpaired) electrons. The van der Waals surface area contributed by atoms with Gasteiger partial charge in [-0.3, -0.25) is 0 Å². The van der Waals surface area contributed by atoms with Gasteiger partial charge in [-0.25, -0.2) is 9.18 Å². The molecule has 21 heavy (non-hydrogen) atoms. The summed E-state index contributed by atoms with van der Waals surface area (Å²) in [5, 5.41) is 14.9. The van der Waals surface area contributed by atoms with Crippen LogP contribution in [0.5, 0.6) is 0 Å². The fourth-order valence-corrected chi connectivity index (χ4v) is 2.27. The summed E-state index contributed by atoms with van der Waals surface area (Å²) in [5.41, 5.74) is 0.590. The minimum absolute atomic E-state index is 0.0109. The van der Waals surface area contributed by atoms with Gasteiger partial charge in [-0.2, -0.15) is 0 Å². The molecule has 0 aliphatic rings. The van der Waals surface area contributed by atoms with Crippen molar-refractivity contribution >= 4 is 40.6 Å². The lowest BCUT2D eigenvalue weighted by atomic mass is 10.2. The van der Waals surface area contributed by atoms with Crippen LogP contribution in [0.1, 0.15) is 5.56 Å². The van der Waals surface area contributed by atoms with Crippen molar-refractivity contribution in [3.63, 3.8) is 0 Å². The molecule has 0 unspecified atom stereocenters. The maximum absolute atomic E-state index is 13.5. The van der Waals surface area contributed by atoms with E-state index < -0.39 is 18.5 Å². The van der Waals surface area contributed by atoms with Crippen molar-refractivity contribution in [2.24, 2.45) is 0 Å². The van der Waals surface area contributed by atoms with Crippen LogP contribution in [0.3, 0.4) is 0 Å². The summed E-state index contributed by atoms with van der Waals surface area (Å²) in [6, 6.07) is 8.08. The van der Waals surface area contributed by atoms with Crippen LogP contribution in [-0.4, -0.2) is 11.1 Å². The predicted octanol–water partition coefficient (Wildman–Crippen LogP) is 4.27. The van der Waals surface area contributed by atoms with Crippen molar-refractivity contribution in [1.29, 1.82) is 0 Å². The van der Waals surface area contributed by atoms with Crippen molar-refractivity contribution in [2.75, 3.05) is 10.6 Å². The van der Waals surface area contributed by atoms with E-state index in [1.165, 1.54) is 36.4 Å². The average Bonchev–Trinajstić information content (AvgIpc) is 2.37. The molecule has 0 aliphatic heterocycles. The monoisotopic (exact) mass is 328 g/mol. The highest BCUT2D eigenvalue weighted by Gasteiger charge is 2.10. The smallest absolute Gasteiger partial charge is 0.323 e. The van der Waals surface area contributed by atoms with Crippen LogP contribution in [0.25, 0.3) is 0 Å². The number of urea groups is 1. The van der Waals surface area contributed by atoms with Gasteiger partial charge in [0.1, 0.15) is 5.82 Å². The maximum Gasteiger partial charge on any atom is 0.323 e. The summed E-state index contributed by atoms with van der Waals surface area (Å²) < 4.78 is 13.5. The summed E-state index contributed by atoms with van der Waals surface area (Å²) in [4.78, 5) is 11.9. The van der Waals surface area contributed by atoms with Crippen LogP contribution >= 0.6 is 23.2 Å². The van der Waals surface area contributed by atoms with Crippen molar-refractivity contribution in [1.82, 2.24) is 0 Å². The number of halogens is 3. The summed E-state index contributed by atoms with van der Waals surface area (Å²) in [5.74, 6) is -0.596. The normalized spacial score (nSPS) is 10.3. The van der Waals surface area contributed by atoms with E-state index in [1.807, 2.05) is 0 Å². The van der Waals surface area contributed by atoms with Gasteiger partial charge in [0.2, 0.25) is 0 Å². The van der Waals surface area contributed by atoms with Gasteiger partial charge in [-0.15, -0.1) is 0 Å². The molecule has 2 amide bonds. The maximum atomic E-state index is 13.5. The quantitative estimate of drug-likeness (QED) is 0.787. The summed E-state index contributed by atoms with van der Waals surface area (Å²) in [6.45, 7) is -0.523. The zero-order chi connectivity index (χ0) is 15.4. The van der Waals surface area contributed by atoms with E-state index in [9.17, 15) is 9.18 Å². The number of rotatable bonds is 3. The van der Waals surface area contributed by atoms with Gasteiger partial charge >= 0.3 is 6.03 Å². The Hall–Kier alpha value is -1.82. The molecule has 0 saturated heterocycles. The number of carbonyl (C=O) groups is 1. The number of amides is 2. The van der Waals surface area contributed by atoms with Gasteiger partial charge in [-0.1, -0.05) is 29.3 Å². The lowest BCUT2D eigenvalue weighted by Gasteiger charge is -2.11. The van der Waals surface area contributed by atoms with E-state index in [2.05, 4.69) is 10.6 Å². The lowest BCUT2D eigenvalue weighted by molar-refractivity contribution is 0.261. The number of benzene rings is 2. The number of aliphatic hydroxyl groups is 1. The number of hydrogen-bond acceptors (Lipinski definition) is 2. The second kappa shape index (κ2) is 6.76. The molecule has 4 nitrogen and oxygen atoms in total. The van der Waals surface area contributed by atoms with E-state index in [-0.39, 0.29) is 11.3 Å². The van der Waals surface area contributed by atoms with Crippen LogP contribution in [0, 0.1) is 5.82 Å². The van der Waals surface area contributed by atoms with Crippen molar-refractivity contribution in [2.45, 2.75) is 6.61 Å². The Morgan fingerprint density at radius 2 is 1.81 bits per heavy atom. The third-order valence-corrected chi connectivity index (χ3v) is 3.08. The standard InChI is InChI=1S/C14H11Cl2FN2O2/c15-8-4-9(16)6-10(5-8)18-14(21)19-13-3-1-2-12(17)11(13)7-20/h1-6,20H,7H2,(H2,18,19,21). The van der Waals surface area contributed by atoms with E-state index in [4.69, 9.17) is 28.3 Å². The van der Waals surface area contributed by atoms with Crippen LogP contribution in [0.15, 0.2) is 36.4 Å². The molecule has 0 saturated carbocycles. The van der Waals surface area contributed by atoms with E-state index in [1.54, 1.807) is 0 Å². The molecule has 2 rings (SSSR count). The molecule has 0 heterocycles. The number of nitrogens with one attached hydrogen (secondary N) is 2. The molecule has 0 atom stereocenters. The zero-order valence-corrected chi connectivity index (χ0v) is 12.2. The summed E-state index contributed by atoms with van der Waals surface area (Å²) >= 11 is 11.6. The molecule has 0 aromatic heterocycles. The molecule has 3 N–H and O–H groups in total. The van der Waals surface area contributed by atoms with Crippen LogP contribution < -0.4 is 10.6 Å². The topological polar surface area (TPSA) is 61.4 Å². The molecule has 0 fully saturated rings. The SMILES string of the molecule is O=C(Nc1cc(Cl)cc(Cl)c1)Nc1cccc(F)c1CO. The average molecular weight is 329 g/mol. The Kier molecular flexibility index (Phi) is 5.01. The van der Waals surface area contributed by atoms with Gasteiger partial charge in [0, 0.05) is 21.3 Å². The van der Waals surface area contributed by atoms with Gasteiger partial charge < -0.3 is 15.7 Å². The molecular formula is C14H11Cl2FN2O2. The Balaban J connectivity index is 2.13. The molecule has 0 aliphatic carbocycles. The first-order valence-corrected chi connectivity index (χ1v) is 6.67. The van der Waals surface area contributed by atoms with Gasteiger partial charge in [0.15, 0.2) is 0 Å². The summed E-state index contributed by atoms with van der Waals surface area (Å²) in [6.07, 6.45) is 0. The molecular weight excluding hydrogens is 318 g/mol. The Labute approximate surface area is 130 Å². The second-order valence-corrected chi connectivity index (χ2v) is 5.03.